The van der Waals surface area contributed by atoms with Crippen molar-refractivity contribution < 1.29 is 18.3 Å². The number of amides is 1. The van der Waals surface area contributed by atoms with Crippen molar-refractivity contribution in [3.63, 3.8) is 0 Å². The fourth-order valence-corrected chi connectivity index (χ4v) is 2.11. The largest absolute Gasteiger partial charge is 0.496 e. The van der Waals surface area contributed by atoms with Gasteiger partial charge in [0.1, 0.15) is 5.75 Å². The summed E-state index contributed by atoms with van der Waals surface area (Å²) in [6, 6.07) is 8.23. The Hall–Kier alpha value is -2.43. The van der Waals surface area contributed by atoms with Crippen molar-refractivity contribution >= 4 is 5.91 Å². The normalized spacial score (nSPS) is 11.9. The van der Waals surface area contributed by atoms with Gasteiger partial charge in [-0.3, -0.25) is 4.79 Å². The lowest BCUT2D eigenvalue weighted by Gasteiger charge is -2.15. The van der Waals surface area contributed by atoms with Gasteiger partial charge in [-0.2, -0.15) is 0 Å². The Balaban J connectivity index is 2.15. The lowest BCUT2D eigenvalue weighted by molar-refractivity contribution is 0.0939. The molecule has 116 valence electrons. The first kappa shape index (κ1) is 15.9. The summed E-state index contributed by atoms with van der Waals surface area (Å²) in [4.78, 5) is 12.2. The molecule has 0 saturated heterocycles. The van der Waals surface area contributed by atoms with E-state index in [0.717, 1.165) is 17.7 Å². The smallest absolute Gasteiger partial charge is 0.251 e. The van der Waals surface area contributed by atoms with Crippen LogP contribution in [0.4, 0.5) is 8.78 Å². The number of carbonyl (C=O) groups is 1. The molecule has 22 heavy (non-hydrogen) atoms. The minimum absolute atomic E-state index is 0.310. The minimum atomic E-state index is -0.935. The molecule has 1 unspecified atom stereocenters. The van der Waals surface area contributed by atoms with Gasteiger partial charge in [0.15, 0.2) is 11.6 Å². The zero-order valence-electron chi connectivity index (χ0n) is 12.6. The van der Waals surface area contributed by atoms with E-state index in [-0.39, 0.29) is 5.91 Å². The summed E-state index contributed by atoms with van der Waals surface area (Å²) in [6.07, 6.45) is 0. The van der Waals surface area contributed by atoms with Gasteiger partial charge < -0.3 is 10.1 Å². The highest BCUT2D eigenvalue weighted by atomic mass is 19.2. The number of rotatable bonds is 4. The van der Waals surface area contributed by atoms with Crippen molar-refractivity contribution in [2.24, 2.45) is 0 Å². The van der Waals surface area contributed by atoms with Crippen molar-refractivity contribution in [1.82, 2.24) is 5.32 Å². The molecule has 0 aromatic heterocycles. The first-order chi connectivity index (χ1) is 10.4. The zero-order chi connectivity index (χ0) is 16.3. The monoisotopic (exact) mass is 305 g/mol. The van der Waals surface area contributed by atoms with Crippen LogP contribution in [0.25, 0.3) is 0 Å². The van der Waals surface area contributed by atoms with Gasteiger partial charge >= 0.3 is 0 Å². The number of aryl methyl sites for hydroxylation is 1. The lowest BCUT2D eigenvalue weighted by atomic mass is 10.1. The summed E-state index contributed by atoms with van der Waals surface area (Å²) in [5, 5.41) is 2.75. The number of benzene rings is 2. The van der Waals surface area contributed by atoms with E-state index in [1.54, 1.807) is 25.1 Å². The molecule has 2 aromatic rings. The van der Waals surface area contributed by atoms with Gasteiger partial charge in [-0.25, -0.2) is 8.78 Å². The maximum absolute atomic E-state index is 13.2. The quantitative estimate of drug-likeness (QED) is 0.933. The molecule has 1 N–H and O–H groups in total. The number of carbonyl (C=O) groups excluding carboxylic acids is 1. The second kappa shape index (κ2) is 6.56. The Morgan fingerprint density at radius 2 is 1.86 bits per heavy atom. The molecule has 0 aliphatic heterocycles. The molecule has 5 heteroatoms. The molecular formula is C17H17F2NO2. The second-order valence-corrected chi connectivity index (χ2v) is 5.05. The van der Waals surface area contributed by atoms with Crippen LogP contribution in [0, 0.1) is 18.6 Å². The zero-order valence-corrected chi connectivity index (χ0v) is 12.6. The summed E-state index contributed by atoms with van der Waals surface area (Å²) < 4.78 is 31.4. The molecule has 0 saturated carbocycles. The molecule has 0 aliphatic carbocycles. The maximum atomic E-state index is 13.2. The van der Waals surface area contributed by atoms with Crippen LogP contribution in [0.5, 0.6) is 5.75 Å². The van der Waals surface area contributed by atoms with Crippen molar-refractivity contribution in [3.05, 3.63) is 64.7 Å². The summed E-state index contributed by atoms with van der Waals surface area (Å²) in [7, 11) is 1.54. The minimum Gasteiger partial charge on any atom is -0.496 e. The Labute approximate surface area is 127 Å². The van der Waals surface area contributed by atoms with E-state index in [4.69, 9.17) is 4.74 Å². The van der Waals surface area contributed by atoms with Crippen LogP contribution in [0.15, 0.2) is 36.4 Å². The molecule has 0 radical (unpaired) electrons. The number of hydrogen-bond donors (Lipinski definition) is 1. The van der Waals surface area contributed by atoms with Gasteiger partial charge in [0.25, 0.3) is 5.91 Å². The number of halogens is 2. The third-order valence-electron chi connectivity index (χ3n) is 3.46. The van der Waals surface area contributed by atoms with Gasteiger partial charge in [-0.15, -0.1) is 0 Å². The molecule has 1 atom stereocenters. The Morgan fingerprint density at radius 1 is 1.14 bits per heavy atom. The predicted molar refractivity (Wildman–Crippen MR) is 80.0 cm³/mol. The molecular weight excluding hydrogens is 288 g/mol. The molecule has 2 rings (SSSR count). The average Bonchev–Trinajstić information content (AvgIpc) is 2.50. The van der Waals surface area contributed by atoms with E-state index < -0.39 is 17.7 Å². The fourth-order valence-electron chi connectivity index (χ4n) is 2.11. The lowest BCUT2D eigenvalue weighted by Crippen LogP contribution is -2.26. The molecule has 0 bridgehead atoms. The van der Waals surface area contributed by atoms with Gasteiger partial charge in [0.2, 0.25) is 0 Å². The van der Waals surface area contributed by atoms with Crippen molar-refractivity contribution in [2.45, 2.75) is 19.9 Å². The molecule has 0 spiro atoms. The third kappa shape index (κ3) is 3.42. The van der Waals surface area contributed by atoms with Gasteiger partial charge in [0.05, 0.1) is 13.2 Å². The van der Waals surface area contributed by atoms with Crippen LogP contribution in [-0.2, 0) is 0 Å². The Morgan fingerprint density at radius 3 is 2.50 bits per heavy atom. The summed E-state index contributed by atoms with van der Waals surface area (Å²) in [6.45, 7) is 3.58. The van der Waals surface area contributed by atoms with E-state index in [9.17, 15) is 13.6 Å². The van der Waals surface area contributed by atoms with E-state index in [1.165, 1.54) is 13.2 Å². The molecule has 2 aromatic carbocycles. The Kier molecular flexibility index (Phi) is 4.75. The number of methoxy groups -OCH3 is 1. The molecule has 3 nitrogen and oxygen atoms in total. The fraction of sp³-hybridized carbons (Fsp3) is 0.235. The van der Waals surface area contributed by atoms with E-state index in [2.05, 4.69) is 5.32 Å². The predicted octanol–water partition coefficient (Wildman–Crippen LogP) is 3.77. The van der Waals surface area contributed by atoms with Crippen molar-refractivity contribution in [3.8, 4) is 5.75 Å². The van der Waals surface area contributed by atoms with E-state index >= 15 is 0 Å². The summed E-state index contributed by atoms with van der Waals surface area (Å²) in [5.41, 5.74) is 1.86. The molecule has 0 aliphatic rings. The van der Waals surface area contributed by atoms with Crippen molar-refractivity contribution in [1.29, 1.82) is 0 Å². The van der Waals surface area contributed by atoms with Crippen LogP contribution in [0.1, 0.15) is 34.5 Å². The molecule has 1 amide bonds. The maximum Gasteiger partial charge on any atom is 0.251 e. The van der Waals surface area contributed by atoms with Gasteiger partial charge in [0, 0.05) is 5.56 Å². The van der Waals surface area contributed by atoms with Crippen molar-refractivity contribution in [2.75, 3.05) is 7.11 Å². The van der Waals surface area contributed by atoms with E-state index in [1.807, 2.05) is 6.92 Å². The average molecular weight is 305 g/mol. The van der Waals surface area contributed by atoms with Gasteiger partial charge in [-0.05, 0) is 49.2 Å². The van der Waals surface area contributed by atoms with Gasteiger partial charge in [-0.1, -0.05) is 12.1 Å². The number of ether oxygens (including phenoxy) is 1. The molecule has 0 fully saturated rings. The Bertz CT molecular complexity index is 701. The SMILES string of the molecule is COc1cc(C(=O)NC(C)c2ccc(F)c(F)c2)ccc1C. The van der Waals surface area contributed by atoms with E-state index in [0.29, 0.717) is 16.9 Å². The summed E-state index contributed by atoms with van der Waals surface area (Å²) >= 11 is 0. The third-order valence-corrected chi connectivity index (χ3v) is 3.46. The highest BCUT2D eigenvalue weighted by Crippen LogP contribution is 2.20. The number of nitrogens with one attached hydrogen (secondary N) is 1. The first-order valence-electron chi connectivity index (χ1n) is 6.83. The summed E-state index contributed by atoms with van der Waals surface area (Å²) in [5.74, 6) is -1.54. The highest BCUT2D eigenvalue weighted by Gasteiger charge is 2.14. The topological polar surface area (TPSA) is 38.3 Å². The van der Waals surface area contributed by atoms with Crippen LogP contribution >= 0.6 is 0 Å². The van der Waals surface area contributed by atoms with Crippen LogP contribution < -0.4 is 10.1 Å². The molecule has 0 heterocycles. The van der Waals surface area contributed by atoms with Crippen LogP contribution in [0.2, 0.25) is 0 Å². The second-order valence-electron chi connectivity index (χ2n) is 5.05. The van der Waals surface area contributed by atoms with Crippen LogP contribution in [0.3, 0.4) is 0 Å². The standard InChI is InChI=1S/C17H17F2NO2/c1-10-4-5-13(9-16(10)22-3)17(21)20-11(2)12-6-7-14(18)15(19)8-12/h4-9,11H,1-3H3,(H,20,21). The first-order valence-corrected chi connectivity index (χ1v) is 6.83. The van der Waals surface area contributed by atoms with Crippen LogP contribution in [-0.4, -0.2) is 13.0 Å². The highest BCUT2D eigenvalue weighted by molar-refractivity contribution is 5.95. The number of hydrogen-bond acceptors (Lipinski definition) is 2.